The molecule has 1 unspecified atom stereocenters. The minimum absolute atomic E-state index is 0.333. The Morgan fingerprint density at radius 3 is 3.00 bits per heavy atom. The molecule has 2 aromatic heterocycles. The topological polar surface area (TPSA) is 29.9 Å². The Morgan fingerprint density at radius 2 is 2.39 bits per heavy atom. The summed E-state index contributed by atoms with van der Waals surface area (Å²) in [6.45, 7) is 3.23. The molecular formula is C13H18BrN3S. The van der Waals surface area contributed by atoms with E-state index in [9.17, 15) is 0 Å². The zero-order chi connectivity index (χ0) is 13.0. The summed E-state index contributed by atoms with van der Waals surface area (Å²) in [5.41, 5.74) is 0. The molecule has 0 amide bonds. The van der Waals surface area contributed by atoms with Crippen LogP contribution in [0.1, 0.15) is 30.1 Å². The molecule has 1 atom stereocenters. The van der Waals surface area contributed by atoms with Gasteiger partial charge in [-0.15, -0.1) is 11.3 Å². The maximum atomic E-state index is 4.47. The zero-order valence-electron chi connectivity index (χ0n) is 10.7. The number of nitrogens with zero attached hydrogens (tertiary/aromatic N) is 2. The van der Waals surface area contributed by atoms with Crippen molar-refractivity contribution < 1.29 is 0 Å². The van der Waals surface area contributed by atoms with Gasteiger partial charge in [-0.2, -0.15) is 0 Å². The van der Waals surface area contributed by atoms with Crippen LogP contribution in [0.4, 0.5) is 0 Å². The standard InChI is InChI=1S/C13H18BrN3S/c1-3-5-17-6-4-16-13(17)8-11(15-2)12-7-10(14)9-18-12/h4,6-7,9,11,15H,3,5,8H2,1-2H3. The van der Waals surface area contributed by atoms with Crippen molar-refractivity contribution in [2.45, 2.75) is 32.4 Å². The van der Waals surface area contributed by atoms with Crippen molar-refractivity contribution in [3.05, 3.63) is 39.0 Å². The van der Waals surface area contributed by atoms with Crippen molar-refractivity contribution in [3.63, 3.8) is 0 Å². The number of aryl methyl sites for hydroxylation is 1. The van der Waals surface area contributed by atoms with Crippen molar-refractivity contribution in [2.75, 3.05) is 7.05 Å². The molecule has 0 spiro atoms. The van der Waals surface area contributed by atoms with E-state index >= 15 is 0 Å². The Bertz CT molecular complexity index is 492. The van der Waals surface area contributed by atoms with Crippen LogP contribution in [0.2, 0.25) is 0 Å². The molecule has 0 saturated heterocycles. The van der Waals surface area contributed by atoms with E-state index < -0.39 is 0 Å². The Hall–Kier alpha value is -0.650. The van der Waals surface area contributed by atoms with E-state index in [2.05, 4.69) is 55.4 Å². The number of hydrogen-bond donors (Lipinski definition) is 1. The molecule has 0 saturated carbocycles. The zero-order valence-corrected chi connectivity index (χ0v) is 13.1. The molecule has 2 aromatic rings. The maximum Gasteiger partial charge on any atom is 0.110 e. The fourth-order valence-electron chi connectivity index (χ4n) is 2.01. The van der Waals surface area contributed by atoms with Crippen molar-refractivity contribution in [1.29, 1.82) is 0 Å². The lowest BCUT2D eigenvalue weighted by molar-refractivity contribution is 0.549. The first kappa shape index (κ1) is 13.8. The molecule has 1 N–H and O–H groups in total. The second-order valence-electron chi connectivity index (χ2n) is 4.25. The van der Waals surface area contributed by atoms with Crippen LogP contribution >= 0.6 is 27.3 Å². The van der Waals surface area contributed by atoms with Crippen molar-refractivity contribution in [2.24, 2.45) is 0 Å². The molecule has 0 aliphatic carbocycles. The number of aromatic nitrogens is 2. The first-order valence-corrected chi connectivity index (χ1v) is 7.83. The molecule has 5 heteroatoms. The average molecular weight is 328 g/mol. The van der Waals surface area contributed by atoms with Gasteiger partial charge < -0.3 is 9.88 Å². The monoisotopic (exact) mass is 327 g/mol. The SMILES string of the molecule is CCCn1ccnc1CC(NC)c1cc(Br)cs1. The van der Waals surface area contributed by atoms with Crippen molar-refractivity contribution in [1.82, 2.24) is 14.9 Å². The summed E-state index contributed by atoms with van der Waals surface area (Å²) in [6.07, 6.45) is 6.02. The molecule has 0 fully saturated rings. The number of likely N-dealkylation sites (N-methyl/N-ethyl adjacent to an activating group) is 1. The fraction of sp³-hybridized carbons (Fsp3) is 0.462. The second-order valence-corrected chi connectivity index (χ2v) is 6.11. The van der Waals surface area contributed by atoms with Gasteiger partial charge in [-0.25, -0.2) is 4.98 Å². The summed E-state index contributed by atoms with van der Waals surface area (Å²) in [6, 6.07) is 2.51. The quantitative estimate of drug-likeness (QED) is 0.878. The Morgan fingerprint density at radius 1 is 1.56 bits per heavy atom. The molecule has 18 heavy (non-hydrogen) atoms. The van der Waals surface area contributed by atoms with Crippen LogP contribution in [-0.4, -0.2) is 16.6 Å². The summed E-state index contributed by atoms with van der Waals surface area (Å²) in [4.78, 5) is 5.81. The highest BCUT2D eigenvalue weighted by atomic mass is 79.9. The van der Waals surface area contributed by atoms with Gasteiger partial charge in [0.2, 0.25) is 0 Å². The van der Waals surface area contributed by atoms with Gasteiger partial charge >= 0.3 is 0 Å². The minimum atomic E-state index is 0.333. The lowest BCUT2D eigenvalue weighted by Crippen LogP contribution is -2.20. The highest BCUT2D eigenvalue weighted by molar-refractivity contribution is 9.10. The number of hydrogen-bond acceptors (Lipinski definition) is 3. The minimum Gasteiger partial charge on any atom is -0.335 e. The first-order valence-electron chi connectivity index (χ1n) is 6.15. The molecule has 0 aliphatic rings. The predicted octanol–water partition coefficient (Wildman–Crippen LogP) is 3.62. The van der Waals surface area contributed by atoms with Gasteiger partial charge in [-0.3, -0.25) is 0 Å². The molecule has 0 aromatic carbocycles. The van der Waals surface area contributed by atoms with Crippen LogP contribution in [0.25, 0.3) is 0 Å². The van der Waals surface area contributed by atoms with Crippen LogP contribution in [-0.2, 0) is 13.0 Å². The Kier molecular flexibility index (Phi) is 4.97. The molecule has 2 rings (SSSR count). The van der Waals surface area contributed by atoms with Gasteiger partial charge in [0.25, 0.3) is 0 Å². The summed E-state index contributed by atoms with van der Waals surface area (Å²) < 4.78 is 3.40. The number of imidazole rings is 1. The van der Waals surface area contributed by atoms with Crippen LogP contribution in [0, 0.1) is 0 Å². The number of nitrogens with one attached hydrogen (secondary N) is 1. The van der Waals surface area contributed by atoms with E-state index in [-0.39, 0.29) is 0 Å². The average Bonchev–Trinajstić information content (AvgIpc) is 2.96. The highest BCUT2D eigenvalue weighted by Crippen LogP contribution is 2.27. The van der Waals surface area contributed by atoms with Crippen LogP contribution in [0.3, 0.4) is 0 Å². The van der Waals surface area contributed by atoms with Crippen molar-refractivity contribution in [3.8, 4) is 0 Å². The molecule has 3 nitrogen and oxygen atoms in total. The van der Waals surface area contributed by atoms with E-state index in [4.69, 9.17) is 0 Å². The van der Waals surface area contributed by atoms with E-state index in [0.29, 0.717) is 6.04 Å². The predicted molar refractivity (Wildman–Crippen MR) is 80.0 cm³/mol. The van der Waals surface area contributed by atoms with Gasteiger partial charge in [0, 0.05) is 46.1 Å². The van der Waals surface area contributed by atoms with E-state index in [1.54, 1.807) is 11.3 Å². The van der Waals surface area contributed by atoms with E-state index in [1.807, 2.05) is 13.2 Å². The maximum absolute atomic E-state index is 4.47. The lowest BCUT2D eigenvalue weighted by atomic mass is 10.1. The number of halogens is 1. The van der Waals surface area contributed by atoms with E-state index in [1.165, 1.54) is 4.88 Å². The summed E-state index contributed by atoms with van der Waals surface area (Å²) in [7, 11) is 2.01. The first-order chi connectivity index (χ1) is 8.74. The highest BCUT2D eigenvalue weighted by Gasteiger charge is 2.15. The molecule has 0 aliphatic heterocycles. The van der Waals surface area contributed by atoms with Crippen LogP contribution in [0.15, 0.2) is 28.3 Å². The van der Waals surface area contributed by atoms with Crippen molar-refractivity contribution >= 4 is 27.3 Å². The third kappa shape index (κ3) is 3.22. The normalized spacial score (nSPS) is 12.8. The van der Waals surface area contributed by atoms with E-state index in [0.717, 1.165) is 29.7 Å². The largest absolute Gasteiger partial charge is 0.335 e. The van der Waals surface area contributed by atoms with Crippen LogP contribution < -0.4 is 5.32 Å². The van der Waals surface area contributed by atoms with Gasteiger partial charge in [0.1, 0.15) is 5.82 Å². The molecule has 98 valence electrons. The van der Waals surface area contributed by atoms with Crippen LogP contribution in [0.5, 0.6) is 0 Å². The fourth-order valence-corrected chi connectivity index (χ4v) is 3.57. The Balaban J connectivity index is 2.12. The molecule has 2 heterocycles. The van der Waals surface area contributed by atoms with Gasteiger partial charge in [-0.1, -0.05) is 6.92 Å². The Labute approximate surface area is 120 Å². The number of thiophene rings is 1. The summed E-state index contributed by atoms with van der Waals surface area (Å²) in [5, 5.41) is 5.50. The molecular weight excluding hydrogens is 310 g/mol. The third-order valence-electron chi connectivity index (χ3n) is 2.93. The lowest BCUT2D eigenvalue weighted by Gasteiger charge is -2.15. The van der Waals surface area contributed by atoms with Gasteiger partial charge in [0.15, 0.2) is 0 Å². The molecule has 0 bridgehead atoms. The van der Waals surface area contributed by atoms with Gasteiger partial charge in [0.05, 0.1) is 0 Å². The number of rotatable bonds is 6. The third-order valence-corrected chi connectivity index (χ3v) is 4.74. The summed E-state index contributed by atoms with van der Waals surface area (Å²) in [5.74, 6) is 1.15. The smallest absolute Gasteiger partial charge is 0.110 e. The van der Waals surface area contributed by atoms with Gasteiger partial charge in [-0.05, 0) is 35.5 Å². The molecule has 0 radical (unpaired) electrons. The summed E-state index contributed by atoms with van der Waals surface area (Å²) >= 11 is 5.29. The second kappa shape index (κ2) is 6.50.